The fraction of sp³-hybridized carbons (Fsp3) is 0.222. The largest absolute Gasteiger partial charge is 0.356 e. The highest BCUT2D eigenvalue weighted by molar-refractivity contribution is 7.99. The van der Waals surface area contributed by atoms with Crippen LogP contribution in [0.3, 0.4) is 0 Å². The number of nitrogens with zero attached hydrogens (tertiary/aromatic N) is 2. The molecule has 0 saturated carbocycles. The minimum atomic E-state index is -3.58. The molecular weight excluding hydrogens is 416 g/mol. The Kier molecular flexibility index (Phi) is 5.54. The monoisotopic (exact) mass is 434 g/mol. The zero-order valence-corrected chi connectivity index (χ0v) is 17.2. The van der Waals surface area contributed by atoms with Crippen LogP contribution >= 0.6 is 23.1 Å². The highest BCUT2D eigenvalue weighted by Gasteiger charge is 2.27. The van der Waals surface area contributed by atoms with Gasteiger partial charge in [0.1, 0.15) is 10.6 Å². The van der Waals surface area contributed by atoms with E-state index >= 15 is 0 Å². The van der Waals surface area contributed by atoms with Crippen LogP contribution < -0.4 is 5.32 Å². The summed E-state index contributed by atoms with van der Waals surface area (Å²) in [5.74, 6) is 1.14. The number of rotatable bonds is 5. The third-order valence-corrected chi connectivity index (χ3v) is 7.88. The van der Waals surface area contributed by atoms with Gasteiger partial charge in [0.05, 0.1) is 5.69 Å². The van der Waals surface area contributed by atoms with Gasteiger partial charge in [0.25, 0.3) is 5.91 Å². The molecule has 7 nitrogen and oxygen atoms in total. The number of nitrogens with one attached hydrogen (secondary N) is 2. The minimum Gasteiger partial charge on any atom is -0.356 e. The summed E-state index contributed by atoms with van der Waals surface area (Å²) in [6, 6.07) is 11.0. The molecule has 0 unspecified atom stereocenters. The lowest BCUT2D eigenvalue weighted by molar-refractivity contribution is 0.102. The Morgan fingerprint density at radius 1 is 1.18 bits per heavy atom. The van der Waals surface area contributed by atoms with E-state index < -0.39 is 15.9 Å². The standard InChI is InChI=1S/C18H18N4O3S3/c23-17(21-18-20-16(12-27-18)13-4-2-1-3-5-13)15-10-14(11-19-15)28(24,25)22-6-8-26-9-7-22/h1-5,10-12,19H,6-9H2,(H,20,21,23). The van der Waals surface area contributed by atoms with E-state index in [4.69, 9.17) is 0 Å². The van der Waals surface area contributed by atoms with E-state index in [0.717, 1.165) is 22.8 Å². The number of sulfonamides is 1. The normalized spacial score (nSPS) is 15.4. The number of aromatic amines is 1. The maximum atomic E-state index is 12.7. The van der Waals surface area contributed by atoms with E-state index in [-0.39, 0.29) is 10.6 Å². The molecule has 1 aliphatic rings. The maximum absolute atomic E-state index is 12.7. The number of anilines is 1. The Morgan fingerprint density at radius 3 is 2.68 bits per heavy atom. The number of thioether (sulfide) groups is 1. The van der Waals surface area contributed by atoms with Crippen molar-refractivity contribution in [2.45, 2.75) is 4.90 Å². The first-order chi connectivity index (χ1) is 13.5. The van der Waals surface area contributed by atoms with Gasteiger partial charge in [-0.05, 0) is 6.07 Å². The minimum absolute atomic E-state index is 0.105. The number of benzene rings is 1. The van der Waals surface area contributed by atoms with Crippen LogP contribution in [0.4, 0.5) is 5.13 Å². The van der Waals surface area contributed by atoms with Gasteiger partial charge >= 0.3 is 0 Å². The summed E-state index contributed by atoms with van der Waals surface area (Å²) in [5, 5.41) is 5.04. The van der Waals surface area contributed by atoms with Crippen molar-refractivity contribution in [2.75, 3.05) is 29.9 Å². The van der Waals surface area contributed by atoms with Crippen molar-refractivity contribution in [1.82, 2.24) is 14.3 Å². The predicted octanol–water partition coefficient (Wildman–Crippen LogP) is 3.13. The molecule has 0 spiro atoms. The van der Waals surface area contributed by atoms with Crippen LogP contribution in [0.5, 0.6) is 0 Å². The van der Waals surface area contributed by atoms with Gasteiger partial charge in [-0.3, -0.25) is 10.1 Å². The summed E-state index contributed by atoms with van der Waals surface area (Å²) in [7, 11) is -3.58. The van der Waals surface area contributed by atoms with E-state index in [0.29, 0.717) is 18.2 Å². The van der Waals surface area contributed by atoms with E-state index in [9.17, 15) is 13.2 Å². The molecule has 3 heterocycles. The second kappa shape index (κ2) is 8.08. The maximum Gasteiger partial charge on any atom is 0.273 e. The van der Waals surface area contributed by atoms with E-state index in [1.807, 2.05) is 35.7 Å². The smallest absolute Gasteiger partial charge is 0.273 e. The zero-order chi connectivity index (χ0) is 19.6. The van der Waals surface area contributed by atoms with Crippen LogP contribution in [0.2, 0.25) is 0 Å². The van der Waals surface area contributed by atoms with Crippen molar-refractivity contribution in [3.63, 3.8) is 0 Å². The molecule has 3 aromatic rings. The molecule has 0 bridgehead atoms. The van der Waals surface area contributed by atoms with Crippen molar-refractivity contribution in [3.8, 4) is 11.3 Å². The molecule has 0 atom stereocenters. The summed E-state index contributed by atoms with van der Waals surface area (Å²) in [6.45, 7) is 0.974. The van der Waals surface area contributed by atoms with Crippen molar-refractivity contribution >= 4 is 44.2 Å². The molecule has 2 aromatic heterocycles. The van der Waals surface area contributed by atoms with Gasteiger partial charge in [0.2, 0.25) is 10.0 Å². The average Bonchev–Trinajstić information content (AvgIpc) is 3.40. The molecule has 1 aromatic carbocycles. The number of amides is 1. The molecule has 0 aliphatic carbocycles. The van der Waals surface area contributed by atoms with Crippen LogP contribution in [0, 0.1) is 0 Å². The first kappa shape index (κ1) is 19.2. The van der Waals surface area contributed by atoms with Crippen LogP contribution in [0.15, 0.2) is 52.9 Å². The van der Waals surface area contributed by atoms with Crippen molar-refractivity contribution in [1.29, 1.82) is 0 Å². The van der Waals surface area contributed by atoms with Gasteiger partial charge in [-0.1, -0.05) is 30.3 Å². The molecule has 2 N–H and O–H groups in total. The van der Waals surface area contributed by atoms with E-state index in [1.165, 1.54) is 27.9 Å². The van der Waals surface area contributed by atoms with Crippen LogP contribution in [-0.4, -0.2) is 53.2 Å². The van der Waals surface area contributed by atoms with Gasteiger partial charge in [-0.25, -0.2) is 13.4 Å². The predicted molar refractivity (Wildman–Crippen MR) is 112 cm³/mol. The van der Waals surface area contributed by atoms with Gasteiger partial charge in [-0.15, -0.1) is 11.3 Å². The summed E-state index contributed by atoms with van der Waals surface area (Å²) in [6.07, 6.45) is 1.36. The van der Waals surface area contributed by atoms with Crippen molar-refractivity contribution < 1.29 is 13.2 Å². The van der Waals surface area contributed by atoms with E-state index in [2.05, 4.69) is 15.3 Å². The molecule has 4 rings (SSSR count). The Bertz CT molecular complexity index is 1070. The fourth-order valence-corrected chi connectivity index (χ4v) is 6.11. The van der Waals surface area contributed by atoms with Gasteiger partial charge in [0.15, 0.2) is 5.13 Å². The first-order valence-electron chi connectivity index (χ1n) is 8.63. The molecule has 10 heteroatoms. The topological polar surface area (TPSA) is 95.2 Å². The lowest BCUT2D eigenvalue weighted by atomic mass is 10.2. The fourth-order valence-electron chi connectivity index (χ4n) is 2.83. The number of hydrogen-bond donors (Lipinski definition) is 2. The number of aromatic nitrogens is 2. The molecule has 28 heavy (non-hydrogen) atoms. The molecule has 1 aliphatic heterocycles. The summed E-state index contributed by atoms with van der Waals surface area (Å²) >= 11 is 3.05. The number of carbonyl (C=O) groups excluding carboxylic acids is 1. The van der Waals surface area contributed by atoms with Crippen molar-refractivity contribution in [2.24, 2.45) is 0 Å². The number of hydrogen-bond acceptors (Lipinski definition) is 6. The molecule has 146 valence electrons. The molecule has 0 radical (unpaired) electrons. The number of thiazole rings is 1. The highest BCUT2D eigenvalue weighted by Crippen LogP contribution is 2.25. The van der Waals surface area contributed by atoms with Crippen molar-refractivity contribution in [3.05, 3.63) is 53.7 Å². The first-order valence-corrected chi connectivity index (χ1v) is 12.1. The zero-order valence-electron chi connectivity index (χ0n) is 14.8. The van der Waals surface area contributed by atoms with Crippen LogP contribution in [-0.2, 0) is 10.0 Å². The Hall–Kier alpha value is -2.14. The molecule has 1 fully saturated rings. The molecule has 1 saturated heterocycles. The highest BCUT2D eigenvalue weighted by atomic mass is 32.2. The van der Waals surface area contributed by atoms with Crippen LogP contribution in [0.25, 0.3) is 11.3 Å². The summed E-state index contributed by atoms with van der Waals surface area (Å²) in [4.78, 5) is 19.8. The second-order valence-electron chi connectivity index (χ2n) is 6.12. The van der Waals surface area contributed by atoms with Gasteiger partial charge in [-0.2, -0.15) is 16.1 Å². The summed E-state index contributed by atoms with van der Waals surface area (Å²) < 4.78 is 26.9. The lowest BCUT2D eigenvalue weighted by Gasteiger charge is -2.24. The Morgan fingerprint density at radius 2 is 1.93 bits per heavy atom. The van der Waals surface area contributed by atoms with Crippen LogP contribution in [0.1, 0.15) is 10.5 Å². The third-order valence-electron chi connectivity index (χ3n) is 4.30. The van der Waals surface area contributed by atoms with Gasteiger partial charge in [0, 0.05) is 41.7 Å². The molecule has 1 amide bonds. The quantitative estimate of drug-likeness (QED) is 0.643. The van der Waals surface area contributed by atoms with Gasteiger partial charge < -0.3 is 4.98 Å². The number of H-pyrrole nitrogens is 1. The molecular formula is C18H18N4O3S3. The second-order valence-corrected chi connectivity index (χ2v) is 10.1. The number of carbonyl (C=O) groups is 1. The summed E-state index contributed by atoms with van der Waals surface area (Å²) in [5.41, 5.74) is 1.92. The lowest BCUT2D eigenvalue weighted by Crippen LogP contribution is -2.37. The average molecular weight is 435 g/mol. The van der Waals surface area contributed by atoms with E-state index in [1.54, 1.807) is 11.8 Å². The SMILES string of the molecule is O=C(Nc1nc(-c2ccccc2)cs1)c1cc(S(=O)(=O)N2CCSCC2)c[nH]1. The Labute approximate surface area is 171 Å². The Balaban J connectivity index is 1.47. The third kappa shape index (κ3) is 4.00.